The lowest BCUT2D eigenvalue weighted by Gasteiger charge is -2.06. The zero-order valence-corrected chi connectivity index (χ0v) is 9.14. The molecule has 0 saturated heterocycles. The summed E-state index contributed by atoms with van der Waals surface area (Å²) in [6, 6.07) is 10.5. The van der Waals surface area contributed by atoms with Crippen molar-refractivity contribution in [2.45, 2.75) is 12.5 Å². The fourth-order valence-electron chi connectivity index (χ4n) is 0.971. The summed E-state index contributed by atoms with van der Waals surface area (Å²) in [6.07, 6.45) is 0.950. The summed E-state index contributed by atoms with van der Waals surface area (Å²) in [4.78, 5) is 0. The van der Waals surface area contributed by atoms with E-state index in [2.05, 4.69) is 28.1 Å². The van der Waals surface area contributed by atoms with E-state index in [0.717, 1.165) is 11.8 Å². The molecule has 2 N–H and O–H groups in total. The number of hydrogen-bond donors (Lipinski definition) is 1. The first kappa shape index (κ1) is 11.9. The second kappa shape index (κ2) is 6.46. The van der Waals surface area contributed by atoms with Gasteiger partial charge in [0.25, 0.3) is 0 Å². The first-order chi connectivity index (χ1) is 5.33. The Hall–Kier alpha value is -0.0500. The van der Waals surface area contributed by atoms with Crippen molar-refractivity contribution in [3.63, 3.8) is 0 Å². The van der Waals surface area contributed by atoms with Crippen LogP contribution < -0.4 is 5.73 Å². The van der Waals surface area contributed by atoms with Gasteiger partial charge in [-0.1, -0.05) is 46.3 Å². The molecular weight excluding hydrogens is 237 g/mol. The average molecular weight is 251 g/mol. The Balaban J connectivity index is 0.00000121. The normalized spacial score (nSPS) is 11.8. The van der Waals surface area contributed by atoms with Crippen molar-refractivity contribution in [1.82, 2.24) is 0 Å². The molecule has 1 rings (SSSR count). The summed E-state index contributed by atoms with van der Waals surface area (Å²) in [5.74, 6) is 0. The first-order valence-electron chi connectivity index (χ1n) is 3.68. The van der Waals surface area contributed by atoms with Crippen LogP contribution in [0.1, 0.15) is 5.56 Å². The highest BCUT2D eigenvalue weighted by Crippen LogP contribution is 2.02. The van der Waals surface area contributed by atoms with E-state index in [-0.39, 0.29) is 18.4 Å². The number of halogens is 2. The maximum Gasteiger partial charge on any atom is 0.0187 e. The zero-order valence-electron chi connectivity index (χ0n) is 6.74. The Morgan fingerprint density at radius 1 is 1.25 bits per heavy atom. The molecule has 0 aliphatic rings. The number of hydrogen-bond acceptors (Lipinski definition) is 1. The van der Waals surface area contributed by atoms with E-state index in [1.807, 2.05) is 18.2 Å². The molecule has 0 aromatic heterocycles. The molecule has 0 heterocycles. The SMILES string of the molecule is Cl.N[C@@H](CBr)Cc1ccccc1. The van der Waals surface area contributed by atoms with Gasteiger partial charge in [-0.05, 0) is 12.0 Å². The number of benzene rings is 1. The predicted molar refractivity (Wildman–Crippen MR) is 59.2 cm³/mol. The van der Waals surface area contributed by atoms with Crippen molar-refractivity contribution in [3.05, 3.63) is 35.9 Å². The van der Waals surface area contributed by atoms with Gasteiger partial charge in [0.2, 0.25) is 0 Å². The van der Waals surface area contributed by atoms with Gasteiger partial charge < -0.3 is 5.73 Å². The van der Waals surface area contributed by atoms with Gasteiger partial charge in [-0.2, -0.15) is 0 Å². The molecule has 12 heavy (non-hydrogen) atoms. The lowest BCUT2D eigenvalue weighted by atomic mass is 10.1. The van der Waals surface area contributed by atoms with Crippen molar-refractivity contribution >= 4 is 28.3 Å². The zero-order chi connectivity index (χ0) is 8.10. The molecule has 0 unspecified atom stereocenters. The van der Waals surface area contributed by atoms with Gasteiger partial charge in [0.15, 0.2) is 0 Å². The summed E-state index contributed by atoms with van der Waals surface area (Å²) in [7, 11) is 0. The molecule has 0 saturated carbocycles. The Morgan fingerprint density at radius 3 is 2.33 bits per heavy atom. The topological polar surface area (TPSA) is 26.0 Å². The highest BCUT2D eigenvalue weighted by Gasteiger charge is 1.99. The fraction of sp³-hybridized carbons (Fsp3) is 0.333. The van der Waals surface area contributed by atoms with Crippen LogP contribution in [0.15, 0.2) is 30.3 Å². The molecule has 1 atom stereocenters. The molecule has 3 heteroatoms. The summed E-state index contributed by atoms with van der Waals surface area (Å²) in [5.41, 5.74) is 7.06. The van der Waals surface area contributed by atoms with Gasteiger partial charge in [0.1, 0.15) is 0 Å². The molecule has 68 valence electrons. The van der Waals surface area contributed by atoms with Crippen molar-refractivity contribution in [2.75, 3.05) is 5.33 Å². The molecular formula is C9H13BrClN. The summed E-state index contributed by atoms with van der Waals surface area (Å²) >= 11 is 3.35. The third-order valence-electron chi connectivity index (χ3n) is 1.54. The minimum Gasteiger partial charge on any atom is -0.327 e. The van der Waals surface area contributed by atoms with Crippen molar-refractivity contribution in [1.29, 1.82) is 0 Å². The highest BCUT2D eigenvalue weighted by molar-refractivity contribution is 9.09. The third-order valence-corrected chi connectivity index (χ3v) is 2.37. The molecule has 0 aliphatic heterocycles. The second-order valence-corrected chi connectivity index (χ2v) is 3.25. The largest absolute Gasteiger partial charge is 0.327 e. The minimum absolute atomic E-state index is 0. The molecule has 0 aliphatic carbocycles. The van der Waals surface area contributed by atoms with Gasteiger partial charge in [0.05, 0.1) is 0 Å². The van der Waals surface area contributed by atoms with Gasteiger partial charge in [0, 0.05) is 11.4 Å². The molecule has 1 aromatic rings. The monoisotopic (exact) mass is 249 g/mol. The maximum absolute atomic E-state index is 5.76. The molecule has 0 spiro atoms. The van der Waals surface area contributed by atoms with Crippen LogP contribution in [0.25, 0.3) is 0 Å². The molecule has 0 bridgehead atoms. The smallest absolute Gasteiger partial charge is 0.0187 e. The molecule has 0 radical (unpaired) electrons. The Morgan fingerprint density at radius 2 is 1.83 bits per heavy atom. The second-order valence-electron chi connectivity index (χ2n) is 2.60. The van der Waals surface area contributed by atoms with E-state index in [4.69, 9.17) is 5.73 Å². The Labute approximate surface area is 87.9 Å². The summed E-state index contributed by atoms with van der Waals surface area (Å²) in [6.45, 7) is 0. The number of rotatable bonds is 3. The fourth-order valence-corrected chi connectivity index (χ4v) is 1.20. The van der Waals surface area contributed by atoms with Crippen LogP contribution in [0.2, 0.25) is 0 Å². The van der Waals surface area contributed by atoms with E-state index < -0.39 is 0 Å². The van der Waals surface area contributed by atoms with Gasteiger partial charge in [-0.3, -0.25) is 0 Å². The van der Waals surface area contributed by atoms with E-state index in [9.17, 15) is 0 Å². The van der Waals surface area contributed by atoms with Crippen LogP contribution in [0.5, 0.6) is 0 Å². The first-order valence-corrected chi connectivity index (χ1v) is 4.80. The summed E-state index contributed by atoms with van der Waals surface area (Å²) < 4.78 is 0. The third kappa shape index (κ3) is 4.10. The lowest BCUT2D eigenvalue weighted by Crippen LogP contribution is -2.24. The molecule has 0 amide bonds. The van der Waals surface area contributed by atoms with Gasteiger partial charge >= 0.3 is 0 Å². The Bertz CT molecular complexity index is 203. The molecule has 1 nitrogen and oxygen atoms in total. The van der Waals surface area contributed by atoms with Crippen LogP contribution >= 0.6 is 28.3 Å². The molecule has 0 fully saturated rings. The van der Waals surface area contributed by atoms with Crippen LogP contribution in [-0.2, 0) is 6.42 Å². The van der Waals surface area contributed by atoms with E-state index in [0.29, 0.717) is 0 Å². The van der Waals surface area contributed by atoms with Crippen molar-refractivity contribution < 1.29 is 0 Å². The summed E-state index contributed by atoms with van der Waals surface area (Å²) in [5, 5.41) is 0.863. The van der Waals surface area contributed by atoms with E-state index >= 15 is 0 Å². The van der Waals surface area contributed by atoms with Crippen LogP contribution in [0, 0.1) is 0 Å². The molecule has 1 aromatic carbocycles. The van der Waals surface area contributed by atoms with Gasteiger partial charge in [-0.15, -0.1) is 12.4 Å². The van der Waals surface area contributed by atoms with Gasteiger partial charge in [-0.25, -0.2) is 0 Å². The lowest BCUT2D eigenvalue weighted by molar-refractivity contribution is 0.753. The highest BCUT2D eigenvalue weighted by atomic mass is 79.9. The van der Waals surface area contributed by atoms with Crippen LogP contribution in [0.3, 0.4) is 0 Å². The van der Waals surface area contributed by atoms with Crippen molar-refractivity contribution in [2.24, 2.45) is 5.73 Å². The van der Waals surface area contributed by atoms with E-state index in [1.165, 1.54) is 5.56 Å². The minimum atomic E-state index is 0. The quantitative estimate of drug-likeness (QED) is 0.819. The standard InChI is InChI=1S/C9H12BrN.ClH/c10-7-9(11)6-8-4-2-1-3-5-8;/h1-5,9H,6-7,11H2;1H/t9-;/m1./s1. The number of alkyl halides is 1. The van der Waals surface area contributed by atoms with E-state index in [1.54, 1.807) is 0 Å². The maximum atomic E-state index is 5.76. The predicted octanol–water partition coefficient (Wildman–Crippen LogP) is 2.37. The Kier molecular flexibility index (Phi) is 6.44. The average Bonchev–Trinajstić information content (AvgIpc) is 2.06. The van der Waals surface area contributed by atoms with Crippen molar-refractivity contribution in [3.8, 4) is 0 Å². The number of nitrogens with two attached hydrogens (primary N) is 1. The van der Waals surface area contributed by atoms with Crippen LogP contribution in [-0.4, -0.2) is 11.4 Å². The van der Waals surface area contributed by atoms with Crippen LogP contribution in [0.4, 0.5) is 0 Å².